The number of piperazine rings is 1. The van der Waals surface area contributed by atoms with Gasteiger partial charge in [0.25, 0.3) is 0 Å². The summed E-state index contributed by atoms with van der Waals surface area (Å²) in [6, 6.07) is 2.49. The SMILES string of the molecule is CN1CCN(S(=O)(=O)c2cc(Cl)cc(CN)c2F)CC1. The summed E-state index contributed by atoms with van der Waals surface area (Å²) in [5.41, 5.74) is 5.52. The fourth-order valence-corrected chi connectivity index (χ4v) is 3.98. The van der Waals surface area contributed by atoms with Crippen molar-refractivity contribution in [1.82, 2.24) is 9.21 Å². The zero-order chi connectivity index (χ0) is 14.9. The van der Waals surface area contributed by atoms with Gasteiger partial charge in [0.15, 0.2) is 0 Å². The molecule has 1 aliphatic heterocycles. The van der Waals surface area contributed by atoms with Crippen molar-refractivity contribution in [2.75, 3.05) is 33.2 Å². The number of nitrogens with zero attached hydrogens (tertiary/aromatic N) is 2. The first-order valence-electron chi connectivity index (χ1n) is 6.23. The number of benzene rings is 1. The number of rotatable bonds is 3. The fourth-order valence-electron chi connectivity index (χ4n) is 2.12. The quantitative estimate of drug-likeness (QED) is 0.897. The van der Waals surface area contributed by atoms with Gasteiger partial charge < -0.3 is 10.6 Å². The number of likely N-dealkylation sites (N-methyl/N-ethyl adjacent to an activating group) is 1. The molecule has 0 amide bonds. The minimum absolute atomic E-state index is 0.0996. The van der Waals surface area contributed by atoms with E-state index in [4.69, 9.17) is 17.3 Å². The molecule has 2 rings (SSSR count). The minimum Gasteiger partial charge on any atom is -0.326 e. The average Bonchev–Trinajstić information content (AvgIpc) is 2.41. The van der Waals surface area contributed by atoms with Crippen LogP contribution in [0.15, 0.2) is 17.0 Å². The summed E-state index contributed by atoms with van der Waals surface area (Å²) in [5.74, 6) is -0.809. The van der Waals surface area contributed by atoms with Crippen LogP contribution >= 0.6 is 11.6 Å². The summed E-state index contributed by atoms with van der Waals surface area (Å²) in [4.78, 5) is 1.63. The maximum atomic E-state index is 14.2. The van der Waals surface area contributed by atoms with Crippen molar-refractivity contribution in [3.05, 3.63) is 28.5 Å². The van der Waals surface area contributed by atoms with Crippen molar-refractivity contribution in [3.8, 4) is 0 Å². The lowest BCUT2D eigenvalue weighted by Crippen LogP contribution is -2.47. The van der Waals surface area contributed by atoms with E-state index < -0.39 is 20.7 Å². The van der Waals surface area contributed by atoms with Gasteiger partial charge in [-0.05, 0) is 19.2 Å². The van der Waals surface area contributed by atoms with Gasteiger partial charge in [-0.15, -0.1) is 0 Å². The van der Waals surface area contributed by atoms with Crippen molar-refractivity contribution in [3.63, 3.8) is 0 Å². The van der Waals surface area contributed by atoms with Crippen LogP contribution in [0.2, 0.25) is 5.02 Å². The lowest BCUT2D eigenvalue weighted by molar-refractivity contribution is 0.222. The molecule has 0 radical (unpaired) electrons. The smallest absolute Gasteiger partial charge is 0.246 e. The van der Waals surface area contributed by atoms with Crippen LogP contribution in [0, 0.1) is 5.82 Å². The first-order valence-corrected chi connectivity index (χ1v) is 8.04. The average molecular weight is 322 g/mol. The molecule has 0 bridgehead atoms. The number of nitrogens with two attached hydrogens (primary N) is 1. The Morgan fingerprint density at radius 3 is 2.45 bits per heavy atom. The van der Waals surface area contributed by atoms with Crippen LogP contribution in [0.3, 0.4) is 0 Å². The van der Waals surface area contributed by atoms with Gasteiger partial charge in [-0.2, -0.15) is 4.31 Å². The third-order valence-electron chi connectivity index (χ3n) is 3.38. The largest absolute Gasteiger partial charge is 0.326 e. The van der Waals surface area contributed by atoms with Crippen molar-refractivity contribution in [1.29, 1.82) is 0 Å². The summed E-state index contributed by atoms with van der Waals surface area (Å²) < 4.78 is 40.5. The first kappa shape index (κ1) is 15.7. The van der Waals surface area contributed by atoms with Crippen LogP contribution in [0.25, 0.3) is 0 Å². The van der Waals surface area contributed by atoms with Crippen molar-refractivity contribution in [2.45, 2.75) is 11.4 Å². The Kier molecular flexibility index (Phi) is 4.66. The van der Waals surface area contributed by atoms with Gasteiger partial charge in [0.05, 0.1) is 0 Å². The van der Waals surface area contributed by atoms with E-state index in [-0.39, 0.29) is 17.1 Å². The second-order valence-electron chi connectivity index (χ2n) is 4.79. The molecule has 112 valence electrons. The molecule has 0 atom stereocenters. The number of hydrogen-bond donors (Lipinski definition) is 1. The summed E-state index contributed by atoms with van der Waals surface area (Å²) in [5, 5.41) is 0.166. The van der Waals surface area contributed by atoms with E-state index in [1.165, 1.54) is 10.4 Å². The third-order valence-corrected chi connectivity index (χ3v) is 5.50. The maximum absolute atomic E-state index is 14.2. The predicted molar refractivity (Wildman–Crippen MR) is 75.6 cm³/mol. The Morgan fingerprint density at radius 2 is 1.90 bits per heavy atom. The van der Waals surface area contributed by atoms with Gasteiger partial charge in [-0.25, -0.2) is 12.8 Å². The van der Waals surface area contributed by atoms with Crippen LogP contribution in [0.5, 0.6) is 0 Å². The molecule has 8 heteroatoms. The Bertz CT molecular complexity index is 601. The highest BCUT2D eigenvalue weighted by atomic mass is 35.5. The molecule has 5 nitrogen and oxygen atoms in total. The minimum atomic E-state index is -3.88. The number of sulfonamides is 1. The molecule has 1 aromatic rings. The van der Waals surface area contributed by atoms with Gasteiger partial charge in [0, 0.05) is 43.3 Å². The molecule has 0 spiro atoms. The lowest BCUT2D eigenvalue weighted by atomic mass is 10.2. The fraction of sp³-hybridized carbons (Fsp3) is 0.500. The zero-order valence-corrected chi connectivity index (χ0v) is 12.7. The highest BCUT2D eigenvalue weighted by molar-refractivity contribution is 7.89. The Balaban J connectivity index is 2.42. The maximum Gasteiger partial charge on any atom is 0.246 e. The Hall–Kier alpha value is -0.730. The van der Waals surface area contributed by atoms with E-state index in [9.17, 15) is 12.8 Å². The summed E-state index contributed by atoms with van der Waals surface area (Å²) >= 11 is 5.86. The van der Waals surface area contributed by atoms with E-state index >= 15 is 0 Å². The lowest BCUT2D eigenvalue weighted by Gasteiger charge is -2.31. The van der Waals surface area contributed by atoms with E-state index in [1.54, 1.807) is 0 Å². The number of hydrogen-bond acceptors (Lipinski definition) is 4. The van der Waals surface area contributed by atoms with Gasteiger partial charge in [-0.3, -0.25) is 0 Å². The van der Waals surface area contributed by atoms with Crippen LogP contribution in [-0.2, 0) is 16.6 Å². The molecular weight excluding hydrogens is 305 g/mol. The van der Waals surface area contributed by atoms with E-state index in [2.05, 4.69) is 0 Å². The highest BCUT2D eigenvalue weighted by Crippen LogP contribution is 2.26. The van der Waals surface area contributed by atoms with E-state index in [1.807, 2.05) is 11.9 Å². The standard InChI is InChI=1S/C12H17ClFN3O2S/c1-16-2-4-17(5-3-16)20(18,19)11-7-10(13)6-9(8-15)12(11)14/h6-7H,2-5,8,15H2,1H3. The molecule has 0 saturated carbocycles. The molecule has 20 heavy (non-hydrogen) atoms. The van der Waals surface area contributed by atoms with Crippen LogP contribution < -0.4 is 5.73 Å². The van der Waals surface area contributed by atoms with Crippen molar-refractivity contribution in [2.24, 2.45) is 5.73 Å². The van der Waals surface area contributed by atoms with Gasteiger partial charge in [-0.1, -0.05) is 11.6 Å². The molecule has 0 aliphatic carbocycles. The second-order valence-corrected chi connectivity index (χ2v) is 7.13. The van der Waals surface area contributed by atoms with Crippen molar-refractivity contribution < 1.29 is 12.8 Å². The molecule has 1 heterocycles. The predicted octanol–water partition coefficient (Wildman–Crippen LogP) is 0.874. The first-order chi connectivity index (χ1) is 9.36. The van der Waals surface area contributed by atoms with E-state index in [0.717, 1.165) is 6.07 Å². The summed E-state index contributed by atoms with van der Waals surface area (Å²) in [6.45, 7) is 1.81. The summed E-state index contributed by atoms with van der Waals surface area (Å²) in [6.07, 6.45) is 0. The zero-order valence-electron chi connectivity index (χ0n) is 11.1. The second kappa shape index (κ2) is 5.95. The molecule has 0 unspecified atom stereocenters. The van der Waals surface area contributed by atoms with Crippen LogP contribution in [0.1, 0.15) is 5.56 Å². The van der Waals surface area contributed by atoms with Crippen LogP contribution in [-0.4, -0.2) is 50.8 Å². The molecule has 2 N–H and O–H groups in total. The molecule has 1 aliphatic rings. The van der Waals surface area contributed by atoms with Crippen molar-refractivity contribution >= 4 is 21.6 Å². The highest BCUT2D eigenvalue weighted by Gasteiger charge is 2.31. The number of halogens is 2. The van der Waals surface area contributed by atoms with Gasteiger partial charge >= 0.3 is 0 Å². The van der Waals surface area contributed by atoms with Crippen LogP contribution in [0.4, 0.5) is 4.39 Å². The Morgan fingerprint density at radius 1 is 1.30 bits per heavy atom. The van der Waals surface area contributed by atoms with Gasteiger partial charge in [0.2, 0.25) is 10.0 Å². The molecule has 1 aromatic carbocycles. The third kappa shape index (κ3) is 2.96. The molecular formula is C12H17ClFN3O2S. The normalized spacial score (nSPS) is 18.4. The Labute approximate surface area is 123 Å². The molecule has 0 aromatic heterocycles. The summed E-state index contributed by atoms with van der Waals surface area (Å²) in [7, 11) is -1.97. The monoisotopic (exact) mass is 321 g/mol. The van der Waals surface area contributed by atoms with Gasteiger partial charge in [0.1, 0.15) is 10.7 Å². The molecule has 1 saturated heterocycles. The molecule has 1 fully saturated rings. The van der Waals surface area contributed by atoms with E-state index in [0.29, 0.717) is 26.2 Å². The topological polar surface area (TPSA) is 66.6 Å².